The number of aromatic carboxylic acids is 1. The fourth-order valence-corrected chi connectivity index (χ4v) is 5.90. The molecule has 0 bridgehead atoms. The first-order chi connectivity index (χ1) is 21.0. The summed E-state index contributed by atoms with van der Waals surface area (Å²) in [7, 11) is 0. The van der Waals surface area contributed by atoms with Crippen LogP contribution in [-0.2, 0) is 6.61 Å². The summed E-state index contributed by atoms with van der Waals surface area (Å²) in [5.41, 5.74) is 5.09. The van der Waals surface area contributed by atoms with Gasteiger partial charge in [-0.25, -0.2) is 9.18 Å². The van der Waals surface area contributed by atoms with Crippen LogP contribution in [0, 0.1) is 0 Å². The number of benzene rings is 3. The average molecular weight is 600 g/mol. The quantitative estimate of drug-likeness (QED) is 0.175. The zero-order valence-corrected chi connectivity index (χ0v) is 23.8. The number of carboxylic acids is 1. The van der Waals surface area contributed by atoms with E-state index in [0.717, 1.165) is 59.4 Å². The van der Waals surface area contributed by atoms with Crippen LogP contribution in [0.4, 0.5) is 10.1 Å². The second-order valence-electron chi connectivity index (χ2n) is 10.9. The summed E-state index contributed by atoms with van der Waals surface area (Å²) >= 11 is 6.74. The van der Waals surface area contributed by atoms with Gasteiger partial charge in [-0.2, -0.15) is 0 Å². The predicted octanol–water partition coefficient (Wildman–Crippen LogP) is 7.61. The van der Waals surface area contributed by atoms with E-state index in [-0.39, 0.29) is 18.1 Å². The van der Waals surface area contributed by atoms with Crippen molar-refractivity contribution in [1.29, 1.82) is 0 Å². The number of carbonyl (C=O) groups is 1. The molecule has 1 saturated carbocycles. The molecular weight excluding hydrogens is 573 g/mol. The van der Waals surface area contributed by atoms with E-state index < -0.39 is 12.8 Å². The molecule has 2 aromatic heterocycles. The predicted molar refractivity (Wildman–Crippen MR) is 160 cm³/mol. The lowest BCUT2D eigenvalue weighted by Crippen LogP contribution is -2.45. The van der Waals surface area contributed by atoms with E-state index in [4.69, 9.17) is 25.6 Å². The molecule has 2 aliphatic rings. The van der Waals surface area contributed by atoms with Crippen molar-refractivity contribution in [3.63, 3.8) is 0 Å². The number of anilines is 1. The second kappa shape index (κ2) is 11.2. The molecule has 0 unspecified atom stereocenters. The van der Waals surface area contributed by atoms with Crippen LogP contribution in [0.1, 0.15) is 51.9 Å². The number of ether oxygens (including phenoxy) is 2. The van der Waals surface area contributed by atoms with Crippen LogP contribution in [0.15, 0.2) is 77.4 Å². The third kappa shape index (κ3) is 5.36. The van der Waals surface area contributed by atoms with Gasteiger partial charge < -0.3 is 24.0 Å². The summed E-state index contributed by atoms with van der Waals surface area (Å²) in [6, 6.07) is 20.5. The van der Waals surface area contributed by atoms with E-state index in [2.05, 4.69) is 15.0 Å². The van der Waals surface area contributed by atoms with Gasteiger partial charge in [0.15, 0.2) is 0 Å². The number of nitrogens with zero attached hydrogens (tertiary/aromatic N) is 3. The van der Waals surface area contributed by atoms with E-state index >= 15 is 0 Å². The van der Waals surface area contributed by atoms with E-state index in [1.807, 2.05) is 48.5 Å². The molecule has 3 aromatic carbocycles. The minimum absolute atomic E-state index is 0.171. The third-order valence-electron chi connectivity index (χ3n) is 8.08. The van der Waals surface area contributed by atoms with E-state index in [1.54, 1.807) is 18.2 Å². The first kappa shape index (κ1) is 27.2. The van der Waals surface area contributed by atoms with E-state index in [0.29, 0.717) is 33.7 Å². The Morgan fingerprint density at radius 1 is 1.05 bits per heavy atom. The van der Waals surface area contributed by atoms with Crippen molar-refractivity contribution >= 4 is 34.2 Å². The molecule has 8 nitrogen and oxygen atoms in total. The second-order valence-corrected chi connectivity index (χ2v) is 11.3. The molecule has 10 heteroatoms. The highest BCUT2D eigenvalue weighted by Crippen LogP contribution is 2.45. The Morgan fingerprint density at radius 2 is 1.88 bits per heavy atom. The molecule has 0 amide bonds. The Hall–Kier alpha value is -4.63. The first-order valence-electron chi connectivity index (χ1n) is 14.1. The van der Waals surface area contributed by atoms with Crippen LogP contribution in [0.5, 0.6) is 11.5 Å². The standard InChI is InChI=1S/C33H27ClFN3O5/c34-28-13-24(41-17-27-31(37-43-32(27)19-5-6-19)26-3-1-2-4-30(26)42-18-35)9-10-25(28)22-15-38(16-22)23-8-7-20-11-21(33(39)40)14-36-29(20)12-23/h1-4,7-14,19,22H,5-6,15-18H2,(H,39,40). The van der Waals surface area contributed by atoms with E-state index in [1.165, 1.54) is 6.20 Å². The van der Waals surface area contributed by atoms with Gasteiger partial charge in [0.1, 0.15) is 29.6 Å². The average Bonchev–Trinajstić information content (AvgIpc) is 3.75. The summed E-state index contributed by atoms with van der Waals surface area (Å²) in [5.74, 6) is 1.41. The number of halogens is 2. The molecule has 0 radical (unpaired) electrons. The van der Waals surface area contributed by atoms with Gasteiger partial charge in [-0.05, 0) is 60.9 Å². The maximum absolute atomic E-state index is 13.0. The Labute approximate surface area is 251 Å². The van der Waals surface area contributed by atoms with Gasteiger partial charge in [-0.1, -0.05) is 41.0 Å². The zero-order chi connectivity index (χ0) is 29.5. The molecule has 1 aliphatic carbocycles. The van der Waals surface area contributed by atoms with Crippen LogP contribution in [0.3, 0.4) is 0 Å². The van der Waals surface area contributed by atoms with Gasteiger partial charge >= 0.3 is 5.97 Å². The fraction of sp³-hybridized carbons (Fsp3) is 0.242. The molecule has 7 rings (SSSR count). The summed E-state index contributed by atoms with van der Waals surface area (Å²) in [4.78, 5) is 17.8. The van der Waals surface area contributed by atoms with Gasteiger partial charge in [-0.3, -0.25) is 4.98 Å². The first-order valence-corrected chi connectivity index (χ1v) is 14.4. The minimum atomic E-state index is -0.991. The molecule has 5 aromatic rings. The molecular formula is C33H27ClFN3O5. The number of rotatable bonds is 10. The molecule has 43 heavy (non-hydrogen) atoms. The van der Waals surface area contributed by atoms with Crippen LogP contribution in [-0.4, -0.2) is 41.2 Å². The summed E-state index contributed by atoms with van der Waals surface area (Å²) in [5, 5.41) is 15.0. The number of aromatic nitrogens is 2. The van der Waals surface area contributed by atoms with Gasteiger partial charge in [-0.15, -0.1) is 0 Å². The maximum atomic E-state index is 13.0. The highest BCUT2D eigenvalue weighted by atomic mass is 35.5. The highest BCUT2D eigenvalue weighted by molar-refractivity contribution is 6.31. The van der Waals surface area contributed by atoms with Crippen LogP contribution in [0.2, 0.25) is 5.02 Å². The molecule has 1 aliphatic heterocycles. The lowest BCUT2D eigenvalue weighted by atomic mass is 9.90. The summed E-state index contributed by atoms with van der Waals surface area (Å²) in [6.45, 7) is 0.891. The number of carboxylic acid groups (broad SMARTS) is 1. The number of hydrogen-bond donors (Lipinski definition) is 1. The Kier molecular flexibility index (Phi) is 7.10. The Morgan fingerprint density at radius 3 is 2.65 bits per heavy atom. The van der Waals surface area contributed by atoms with Crippen molar-refractivity contribution in [1.82, 2.24) is 10.1 Å². The van der Waals surface area contributed by atoms with Gasteiger partial charge in [0.25, 0.3) is 0 Å². The monoisotopic (exact) mass is 599 g/mol. The topological polar surface area (TPSA) is 97.9 Å². The molecule has 2 fully saturated rings. The molecule has 0 spiro atoms. The van der Waals surface area contributed by atoms with Gasteiger partial charge in [0.05, 0.1) is 16.6 Å². The normalized spacial score (nSPS) is 15.0. The lowest BCUT2D eigenvalue weighted by Gasteiger charge is -2.41. The highest BCUT2D eigenvalue weighted by Gasteiger charge is 2.34. The van der Waals surface area contributed by atoms with Crippen molar-refractivity contribution in [2.45, 2.75) is 31.3 Å². The van der Waals surface area contributed by atoms with E-state index in [9.17, 15) is 14.3 Å². The van der Waals surface area contributed by atoms with Crippen molar-refractivity contribution in [2.24, 2.45) is 0 Å². The molecule has 1 N–H and O–H groups in total. The van der Waals surface area contributed by atoms with Crippen molar-refractivity contribution in [3.05, 3.63) is 100 Å². The zero-order valence-electron chi connectivity index (χ0n) is 23.0. The lowest BCUT2D eigenvalue weighted by molar-refractivity contribution is 0.0696. The van der Waals surface area contributed by atoms with Crippen molar-refractivity contribution in [3.8, 4) is 22.8 Å². The number of alkyl halides is 1. The van der Waals surface area contributed by atoms with Crippen molar-refractivity contribution < 1.29 is 28.3 Å². The number of pyridine rings is 1. The molecule has 1 saturated heterocycles. The number of fused-ring (bicyclic) bond motifs is 1. The number of hydrogen-bond acceptors (Lipinski definition) is 7. The van der Waals surface area contributed by atoms with Crippen LogP contribution < -0.4 is 14.4 Å². The molecule has 218 valence electrons. The summed E-state index contributed by atoms with van der Waals surface area (Å²) < 4.78 is 30.2. The van der Waals surface area contributed by atoms with Gasteiger partial charge in [0, 0.05) is 52.8 Å². The Balaban J connectivity index is 1.04. The number of para-hydroxylation sites is 1. The SMILES string of the molecule is O=C(O)c1cnc2cc(N3CC(c4ccc(OCc5c(-c6ccccc6OCF)noc5C5CC5)cc4Cl)C3)ccc2c1. The smallest absolute Gasteiger partial charge is 0.337 e. The molecule has 0 atom stereocenters. The largest absolute Gasteiger partial charge is 0.489 e. The van der Waals surface area contributed by atoms with Crippen molar-refractivity contribution in [2.75, 3.05) is 24.9 Å². The third-order valence-corrected chi connectivity index (χ3v) is 8.40. The fourth-order valence-electron chi connectivity index (χ4n) is 5.58. The molecule has 3 heterocycles. The van der Waals surface area contributed by atoms with Gasteiger partial charge in [0.2, 0.25) is 6.86 Å². The maximum Gasteiger partial charge on any atom is 0.337 e. The van der Waals surface area contributed by atoms with Crippen LogP contribution in [0.25, 0.3) is 22.2 Å². The minimum Gasteiger partial charge on any atom is -0.489 e. The van der Waals surface area contributed by atoms with Crippen LogP contribution >= 0.6 is 11.6 Å². The Bertz CT molecular complexity index is 1830. The summed E-state index contributed by atoms with van der Waals surface area (Å²) in [6.07, 6.45) is 3.45.